The van der Waals surface area contributed by atoms with Gasteiger partial charge >= 0.3 is 0 Å². The number of nitrogens with zero attached hydrogens (tertiary/aromatic N) is 1. The number of methoxy groups -OCH3 is 1. The number of ether oxygens (including phenoxy) is 1. The van der Waals surface area contributed by atoms with Crippen molar-refractivity contribution in [3.8, 4) is 5.75 Å². The van der Waals surface area contributed by atoms with Gasteiger partial charge in [-0.2, -0.15) is 0 Å². The van der Waals surface area contributed by atoms with Crippen molar-refractivity contribution in [3.05, 3.63) is 35.6 Å². The van der Waals surface area contributed by atoms with E-state index in [1.807, 2.05) is 0 Å². The molecule has 1 aliphatic rings. The molecule has 0 saturated heterocycles. The van der Waals surface area contributed by atoms with Gasteiger partial charge in [0.15, 0.2) is 0 Å². The Kier molecular flexibility index (Phi) is 7.66. The minimum absolute atomic E-state index is 0.369. The van der Waals surface area contributed by atoms with Gasteiger partial charge in [0.05, 0.1) is 12.9 Å². The maximum atomic E-state index is 7.00. The molecule has 0 heterocycles. The first-order valence-electron chi connectivity index (χ1n) is 10.9. The molecule has 0 N–H and O–H groups in total. The zero-order chi connectivity index (χ0) is 21.1. The number of benzene rings is 1. The highest BCUT2D eigenvalue weighted by molar-refractivity contribution is 6.77. The van der Waals surface area contributed by atoms with E-state index in [1.54, 1.807) is 7.11 Å². The molecule has 0 fully saturated rings. The van der Waals surface area contributed by atoms with Crippen molar-refractivity contribution in [2.45, 2.75) is 83.3 Å². The van der Waals surface area contributed by atoms with Crippen molar-refractivity contribution in [2.24, 2.45) is 0 Å². The molecule has 0 bridgehead atoms. The molecule has 28 heavy (non-hydrogen) atoms. The second-order valence-electron chi connectivity index (χ2n) is 9.37. The number of rotatable bonds is 8. The molecular weight excluding hydrogens is 362 g/mol. The predicted molar refractivity (Wildman–Crippen MR) is 124 cm³/mol. The Morgan fingerprint density at radius 3 is 2.11 bits per heavy atom. The van der Waals surface area contributed by atoms with Gasteiger partial charge in [0, 0.05) is 43.8 Å². The molecule has 4 heteroatoms. The smallest absolute Gasteiger partial charge is 0.258 e. The van der Waals surface area contributed by atoms with E-state index >= 15 is 0 Å². The van der Waals surface area contributed by atoms with E-state index in [-0.39, 0.29) is 0 Å². The quantitative estimate of drug-likeness (QED) is 0.432. The standard InChI is InChI=1S/C24H41NO2Si/c1-17(2)28(18(3)4,19(5)6)27-22-12-10-11-20(15-22)23-14-13-21(25(7)8)16-24(23)26-9/h13-20H,10-12H2,1-9H3. The fraction of sp³-hybridized carbons (Fsp3) is 0.667. The van der Waals surface area contributed by atoms with Gasteiger partial charge in [-0.3, -0.25) is 0 Å². The first-order chi connectivity index (χ1) is 13.1. The van der Waals surface area contributed by atoms with E-state index in [4.69, 9.17) is 9.16 Å². The first-order valence-corrected chi connectivity index (χ1v) is 13.0. The number of hydrogen-bond donors (Lipinski definition) is 0. The van der Waals surface area contributed by atoms with E-state index in [9.17, 15) is 0 Å². The van der Waals surface area contributed by atoms with Gasteiger partial charge in [0.25, 0.3) is 8.32 Å². The summed E-state index contributed by atoms with van der Waals surface area (Å²) in [5.74, 6) is 2.57. The van der Waals surface area contributed by atoms with Gasteiger partial charge in [-0.1, -0.05) is 47.6 Å². The average molecular weight is 404 g/mol. The Labute approximate surface area is 174 Å². The highest BCUT2D eigenvalue weighted by atomic mass is 28.4. The zero-order valence-electron chi connectivity index (χ0n) is 19.5. The lowest BCUT2D eigenvalue weighted by molar-refractivity contribution is 0.334. The highest BCUT2D eigenvalue weighted by Crippen LogP contribution is 2.46. The summed E-state index contributed by atoms with van der Waals surface area (Å²) < 4.78 is 12.8. The third kappa shape index (κ3) is 4.59. The lowest BCUT2D eigenvalue weighted by atomic mass is 9.88. The third-order valence-electron chi connectivity index (χ3n) is 6.47. The van der Waals surface area contributed by atoms with Crippen LogP contribution in [0.5, 0.6) is 5.75 Å². The Morgan fingerprint density at radius 2 is 1.61 bits per heavy atom. The molecule has 0 spiro atoms. The fourth-order valence-corrected chi connectivity index (χ4v) is 10.4. The van der Waals surface area contributed by atoms with Crippen LogP contribution in [0.3, 0.4) is 0 Å². The fourth-order valence-electron chi connectivity index (χ4n) is 5.08. The van der Waals surface area contributed by atoms with Crippen LogP contribution in [-0.4, -0.2) is 29.5 Å². The van der Waals surface area contributed by atoms with Gasteiger partial charge in [-0.15, -0.1) is 0 Å². The lowest BCUT2D eigenvalue weighted by Crippen LogP contribution is -2.47. The largest absolute Gasteiger partial charge is 0.546 e. The third-order valence-corrected chi connectivity index (χ3v) is 12.5. The predicted octanol–water partition coefficient (Wildman–Crippen LogP) is 7.10. The van der Waals surface area contributed by atoms with E-state index in [0.29, 0.717) is 22.5 Å². The van der Waals surface area contributed by atoms with Crippen molar-refractivity contribution < 1.29 is 9.16 Å². The summed E-state index contributed by atoms with van der Waals surface area (Å²) in [6, 6.07) is 6.57. The molecule has 0 aliphatic heterocycles. The number of anilines is 1. The number of hydrogen-bond acceptors (Lipinski definition) is 3. The van der Waals surface area contributed by atoms with Crippen LogP contribution in [0.1, 0.15) is 72.3 Å². The molecule has 1 aliphatic carbocycles. The number of allylic oxidation sites excluding steroid dienone is 2. The van der Waals surface area contributed by atoms with Crippen LogP contribution in [0.2, 0.25) is 16.6 Å². The van der Waals surface area contributed by atoms with Crippen molar-refractivity contribution in [3.63, 3.8) is 0 Å². The van der Waals surface area contributed by atoms with E-state index in [2.05, 4.69) is 84.8 Å². The Hall–Kier alpha value is -1.42. The Morgan fingerprint density at radius 1 is 1.00 bits per heavy atom. The first kappa shape index (κ1) is 22.9. The molecule has 2 rings (SSSR count). The minimum atomic E-state index is -1.90. The summed E-state index contributed by atoms with van der Waals surface area (Å²) in [5, 5.41) is 0. The van der Waals surface area contributed by atoms with Gasteiger partial charge < -0.3 is 14.1 Å². The maximum absolute atomic E-state index is 7.00. The van der Waals surface area contributed by atoms with Gasteiger partial charge in [-0.05, 0) is 41.6 Å². The van der Waals surface area contributed by atoms with Gasteiger partial charge in [0.2, 0.25) is 0 Å². The SMILES string of the molecule is COc1cc(N(C)C)ccc1C1C=C(O[Si](C(C)C)(C(C)C)C(C)C)CCC1. The highest BCUT2D eigenvalue weighted by Gasteiger charge is 2.47. The summed E-state index contributed by atoms with van der Waals surface area (Å²) in [4.78, 5) is 2.12. The van der Waals surface area contributed by atoms with E-state index < -0.39 is 8.32 Å². The normalized spacial score (nSPS) is 17.9. The molecule has 1 atom stereocenters. The molecule has 1 unspecified atom stereocenters. The summed E-state index contributed by atoms with van der Waals surface area (Å²) >= 11 is 0. The molecule has 0 aromatic heterocycles. The summed E-state index contributed by atoms with van der Waals surface area (Å²) in [5.41, 5.74) is 4.25. The van der Waals surface area contributed by atoms with Crippen molar-refractivity contribution in [1.82, 2.24) is 0 Å². The lowest BCUT2D eigenvalue weighted by Gasteiger charge is -2.43. The van der Waals surface area contributed by atoms with Crippen LogP contribution in [0.4, 0.5) is 5.69 Å². The van der Waals surface area contributed by atoms with Crippen molar-refractivity contribution in [1.29, 1.82) is 0 Å². The molecule has 1 aromatic carbocycles. The Balaban J connectivity index is 2.37. The van der Waals surface area contributed by atoms with Gasteiger partial charge in [0.1, 0.15) is 5.75 Å². The molecule has 0 radical (unpaired) electrons. The van der Waals surface area contributed by atoms with Crippen LogP contribution in [-0.2, 0) is 4.43 Å². The van der Waals surface area contributed by atoms with Crippen LogP contribution in [0, 0.1) is 0 Å². The summed E-state index contributed by atoms with van der Waals surface area (Å²) in [6.45, 7) is 14.1. The van der Waals surface area contributed by atoms with Crippen LogP contribution in [0.15, 0.2) is 30.0 Å². The van der Waals surface area contributed by atoms with Crippen molar-refractivity contribution in [2.75, 3.05) is 26.1 Å². The Bertz CT molecular complexity index is 657. The summed E-state index contributed by atoms with van der Waals surface area (Å²) in [6.07, 6.45) is 5.79. The average Bonchev–Trinajstić information content (AvgIpc) is 2.64. The molecule has 158 valence electrons. The topological polar surface area (TPSA) is 21.7 Å². The second-order valence-corrected chi connectivity index (χ2v) is 14.7. The molecular formula is C24H41NO2Si. The molecule has 0 amide bonds. The van der Waals surface area contributed by atoms with E-state index in [0.717, 1.165) is 18.6 Å². The summed E-state index contributed by atoms with van der Waals surface area (Å²) in [7, 11) is 4.01. The zero-order valence-corrected chi connectivity index (χ0v) is 20.5. The van der Waals surface area contributed by atoms with Crippen molar-refractivity contribution >= 4 is 14.0 Å². The molecule has 1 aromatic rings. The van der Waals surface area contributed by atoms with Crippen LogP contribution < -0.4 is 9.64 Å². The van der Waals surface area contributed by atoms with Gasteiger partial charge in [-0.25, -0.2) is 0 Å². The molecule has 3 nitrogen and oxygen atoms in total. The van der Waals surface area contributed by atoms with Crippen LogP contribution in [0.25, 0.3) is 0 Å². The minimum Gasteiger partial charge on any atom is -0.546 e. The maximum Gasteiger partial charge on any atom is 0.258 e. The second kappa shape index (κ2) is 9.38. The molecule has 0 saturated carbocycles. The van der Waals surface area contributed by atoms with Crippen LogP contribution >= 0.6 is 0 Å². The monoisotopic (exact) mass is 403 g/mol. The van der Waals surface area contributed by atoms with E-state index in [1.165, 1.54) is 23.4 Å².